The Morgan fingerprint density at radius 2 is 2.21 bits per heavy atom. The number of amides is 1. The number of carbonyl (C=O) groups is 1. The van der Waals surface area contributed by atoms with E-state index in [2.05, 4.69) is 5.32 Å². The van der Waals surface area contributed by atoms with E-state index in [0.717, 1.165) is 25.9 Å². The number of hydrogen-bond donors (Lipinski definition) is 1. The van der Waals surface area contributed by atoms with Gasteiger partial charge in [-0.1, -0.05) is 0 Å². The Kier molecular flexibility index (Phi) is 4.81. The number of nitrogens with zero attached hydrogens (tertiary/aromatic N) is 1. The molecule has 2 aliphatic heterocycles. The van der Waals surface area contributed by atoms with Crippen molar-refractivity contribution in [2.45, 2.75) is 19.3 Å². The van der Waals surface area contributed by atoms with Gasteiger partial charge in [-0.25, -0.2) is 12.7 Å². The topological polar surface area (TPSA) is 75.7 Å². The number of sulfonamides is 1. The molecular weight excluding hydrogens is 268 g/mol. The molecule has 1 N–H and O–H groups in total. The van der Waals surface area contributed by atoms with Crippen LogP contribution in [0.3, 0.4) is 0 Å². The molecule has 2 atom stereocenters. The molecule has 7 heteroatoms. The first-order valence-corrected chi connectivity index (χ1v) is 8.62. The first kappa shape index (κ1) is 14.7. The van der Waals surface area contributed by atoms with Crippen LogP contribution in [0.15, 0.2) is 0 Å². The number of hydrogen-bond acceptors (Lipinski definition) is 4. The fourth-order valence-electron chi connectivity index (χ4n) is 2.59. The molecule has 2 rings (SSSR count). The fourth-order valence-corrected chi connectivity index (χ4v) is 3.50. The first-order valence-electron chi connectivity index (χ1n) is 6.77. The lowest BCUT2D eigenvalue weighted by molar-refractivity contribution is -0.126. The zero-order valence-corrected chi connectivity index (χ0v) is 12.1. The summed E-state index contributed by atoms with van der Waals surface area (Å²) in [5, 5.41) is 2.93. The maximum Gasteiger partial charge on any atom is 0.224 e. The largest absolute Gasteiger partial charge is 0.381 e. The van der Waals surface area contributed by atoms with Crippen LogP contribution in [-0.2, 0) is 19.6 Å². The second-order valence-electron chi connectivity index (χ2n) is 5.43. The third-order valence-electron chi connectivity index (χ3n) is 3.81. The van der Waals surface area contributed by atoms with E-state index in [0.29, 0.717) is 32.2 Å². The van der Waals surface area contributed by atoms with E-state index in [-0.39, 0.29) is 11.8 Å². The summed E-state index contributed by atoms with van der Waals surface area (Å²) >= 11 is 0. The molecule has 0 aliphatic carbocycles. The van der Waals surface area contributed by atoms with Crippen molar-refractivity contribution in [2.24, 2.45) is 11.8 Å². The normalized spacial score (nSPS) is 29.3. The highest BCUT2D eigenvalue weighted by Crippen LogP contribution is 2.19. The van der Waals surface area contributed by atoms with Crippen LogP contribution in [0.5, 0.6) is 0 Å². The number of ether oxygens (including phenoxy) is 1. The van der Waals surface area contributed by atoms with Crippen molar-refractivity contribution < 1.29 is 17.9 Å². The second kappa shape index (κ2) is 6.19. The molecule has 0 unspecified atom stereocenters. The molecule has 0 bridgehead atoms. The lowest BCUT2D eigenvalue weighted by atomic mass is 9.98. The lowest BCUT2D eigenvalue weighted by Crippen LogP contribution is -2.45. The standard InChI is InChI=1S/C12H22N2O4S/c1-19(16,17)14-5-2-3-11(8-14)12(15)13-7-10-4-6-18-9-10/h10-11H,2-9H2,1H3,(H,13,15)/t10-,11-/m1/s1. The van der Waals surface area contributed by atoms with Crippen LogP contribution in [0.2, 0.25) is 0 Å². The maximum absolute atomic E-state index is 12.1. The quantitative estimate of drug-likeness (QED) is 0.779. The predicted molar refractivity (Wildman–Crippen MR) is 71.1 cm³/mol. The summed E-state index contributed by atoms with van der Waals surface area (Å²) in [5.74, 6) is 0.157. The van der Waals surface area contributed by atoms with Crippen molar-refractivity contribution in [3.63, 3.8) is 0 Å². The Morgan fingerprint density at radius 3 is 2.84 bits per heavy atom. The van der Waals surface area contributed by atoms with Crippen LogP contribution in [0, 0.1) is 11.8 Å². The Labute approximate surface area is 114 Å². The zero-order valence-electron chi connectivity index (χ0n) is 11.3. The molecule has 0 aromatic heterocycles. The zero-order chi connectivity index (χ0) is 13.9. The summed E-state index contributed by atoms with van der Waals surface area (Å²) in [6.07, 6.45) is 3.69. The van der Waals surface area contributed by atoms with Crippen LogP contribution >= 0.6 is 0 Å². The van der Waals surface area contributed by atoms with Crippen molar-refractivity contribution in [3.05, 3.63) is 0 Å². The smallest absolute Gasteiger partial charge is 0.224 e. The van der Waals surface area contributed by atoms with Gasteiger partial charge < -0.3 is 10.1 Å². The van der Waals surface area contributed by atoms with Gasteiger partial charge in [0.15, 0.2) is 0 Å². The summed E-state index contributed by atoms with van der Waals surface area (Å²) in [6, 6.07) is 0. The molecule has 2 saturated heterocycles. The monoisotopic (exact) mass is 290 g/mol. The SMILES string of the molecule is CS(=O)(=O)N1CCC[C@@H](C(=O)NC[C@H]2CCOC2)C1. The van der Waals surface area contributed by atoms with Gasteiger partial charge in [-0.15, -0.1) is 0 Å². The molecule has 6 nitrogen and oxygen atoms in total. The number of rotatable bonds is 4. The second-order valence-corrected chi connectivity index (χ2v) is 7.42. The third kappa shape index (κ3) is 4.15. The highest BCUT2D eigenvalue weighted by Gasteiger charge is 2.30. The number of nitrogens with one attached hydrogen (secondary N) is 1. The molecular formula is C12H22N2O4S. The minimum Gasteiger partial charge on any atom is -0.381 e. The van der Waals surface area contributed by atoms with Crippen LogP contribution in [0.4, 0.5) is 0 Å². The summed E-state index contributed by atoms with van der Waals surface area (Å²) in [5.41, 5.74) is 0. The van der Waals surface area contributed by atoms with Gasteiger partial charge in [0, 0.05) is 32.2 Å². The number of piperidine rings is 1. The average Bonchev–Trinajstić information content (AvgIpc) is 2.88. The van der Waals surface area contributed by atoms with E-state index in [1.807, 2.05) is 0 Å². The molecule has 19 heavy (non-hydrogen) atoms. The minimum atomic E-state index is -3.19. The molecule has 0 aromatic carbocycles. The van der Waals surface area contributed by atoms with Gasteiger partial charge in [-0.05, 0) is 19.3 Å². The van der Waals surface area contributed by atoms with Gasteiger partial charge >= 0.3 is 0 Å². The van der Waals surface area contributed by atoms with Crippen molar-refractivity contribution in [1.29, 1.82) is 0 Å². The van der Waals surface area contributed by atoms with E-state index in [4.69, 9.17) is 4.74 Å². The molecule has 2 aliphatic rings. The predicted octanol–water partition coefficient (Wildman–Crippen LogP) is -0.189. The van der Waals surface area contributed by atoms with Gasteiger partial charge in [-0.3, -0.25) is 4.79 Å². The van der Waals surface area contributed by atoms with Crippen molar-refractivity contribution in [1.82, 2.24) is 9.62 Å². The van der Waals surface area contributed by atoms with E-state index in [9.17, 15) is 13.2 Å². The van der Waals surface area contributed by atoms with Gasteiger partial charge in [-0.2, -0.15) is 0 Å². The van der Waals surface area contributed by atoms with Crippen LogP contribution in [0.1, 0.15) is 19.3 Å². The first-order chi connectivity index (χ1) is 8.97. The lowest BCUT2D eigenvalue weighted by Gasteiger charge is -2.30. The Balaban J connectivity index is 1.81. The molecule has 0 saturated carbocycles. The Bertz CT molecular complexity index is 417. The van der Waals surface area contributed by atoms with E-state index >= 15 is 0 Å². The minimum absolute atomic E-state index is 0.0275. The Hall–Kier alpha value is -0.660. The Morgan fingerprint density at radius 1 is 1.42 bits per heavy atom. The van der Waals surface area contributed by atoms with E-state index in [1.54, 1.807) is 0 Å². The molecule has 110 valence electrons. The molecule has 0 spiro atoms. The summed E-state index contributed by atoms with van der Waals surface area (Å²) in [6.45, 7) is 2.95. The van der Waals surface area contributed by atoms with Crippen LogP contribution in [-0.4, -0.2) is 57.7 Å². The van der Waals surface area contributed by atoms with Gasteiger partial charge in [0.2, 0.25) is 15.9 Å². The van der Waals surface area contributed by atoms with Crippen molar-refractivity contribution >= 4 is 15.9 Å². The number of carbonyl (C=O) groups excluding carboxylic acids is 1. The highest BCUT2D eigenvalue weighted by atomic mass is 32.2. The molecule has 0 radical (unpaired) electrons. The maximum atomic E-state index is 12.1. The highest BCUT2D eigenvalue weighted by molar-refractivity contribution is 7.88. The fraction of sp³-hybridized carbons (Fsp3) is 0.917. The van der Waals surface area contributed by atoms with Gasteiger partial charge in [0.25, 0.3) is 0 Å². The van der Waals surface area contributed by atoms with E-state index in [1.165, 1.54) is 10.6 Å². The van der Waals surface area contributed by atoms with E-state index < -0.39 is 10.0 Å². The molecule has 0 aromatic rings. The average molecular weight is 290 g/mol. The van der Waals surface area contributed by atoms with Crippen LogP contribution in [0.25, 0.3) is 0 Å². The third-order valence-corrected chi connectivity index (χ3v) is 5.08. The summed E-state index contributed by atoms with van der Waals surface area (Å²) in [7, 11) is -3.19. The molecule has 2 fully saturated rings. The summed E-state index contributed by atoms with van der Waals surface area (Å²) < 4.78 is 29.7. The van der Waals surface area contributed by atoms with Crippen molar-refractivity contribution in [3.8, 4) is 0 Å². The van der Waals surface area contributed by atoms with Gasteiger partial charge in [0.1, 0.15) is 0 Å². The molecule has 1 amide bonds. The van der Waals surface area contributed by atoms with Gasteiger partial charge in [0.05, 0.1) is 18.8 Å². The van der Waals surface area contributed by atoms with Crippen LogP contribution < -0.4 is 5.32 Å². The summed E-state index contributed by atoms with van der Waals surface area (Å²) in [4.78, 5) is 12.1. The van der Waals surface area contributed by atoms with Crippen molar-refractivity contribution in [2.75, 3.05) is 39.1 Å². The molecule has 2 heterocycles.